The van der Waals surface area contributed by atoms with Crippen LogP contribution in [0.5, 0.6) is 5.75 Å². The Morgan fingerprint density at radius 2 is 1.90 bits per heavy atom. The van der Waals surface area contributed by atoms with Crippen LogP contribution in [0.15, 0.2) is 48.5 Å². The first-order valence-electron chi connectivity index (χ1n) is 6.29. The van der Waals surface area contributed by atoms with E-state index in [4.69, 9.17) is 4.74 Å². The molecule has 104 valence electrons. The number of hydrogen-bond donors (Lipinski definition) is 1. The quantitative estimate of drug-likeness (QED) is 0.846. The molecule has 4 heteroatoms. The van der Waals surface area contributed by atoms with Crippen LogP contribution in [0.3, 0.4) is 0 Å². The van der Waals surface area contributed by atoms with Crippen LogP contribution in [0.4, 0.5) is 5.69 Å². The molecule has 0 radical (unpaired) electrons. The van der Waals surface area contributed by atoms with E-state index < -0.39 is 0 Å². The Kier molecular flexibility index (Phi) is 5.18. The second-order valence-electron chi connectivity index (χ2n) is 4.41. The highest BCUT2D eigenvalue weighted by Crippen LogP contribution is 2.15. The van der Waals surface area contributed by atoms with Crippen LogP contribution in [0.2, 0.25) is 0 Å². The Morgan fingerprint density at radius 1 is 1.15 bits per heavy atom. The zero-order valence-corrected chi connectivity index (χ0v) is 12.8. The first-order chi connectivity index (χ1) is 9.71. The van der Waals surface area contributed by atoms with Crippen molar-refractivity contribution in [2.45, 2.75) is 11.8 Å². The van der Waals surface area contributed by atoms with Gasteiger partial charge in [0.2, 0.25) is 5.91 Å². The lowest BCUT2D eigenvalue weighted by Crippen LogP contribution is -2.14. The maximum atomic E-state index is 12.0. The van der Waals surface area contributed by atoms with Crippen molar-refractivity contribution in [2.24, 2.45) is 0 Å². The number of halogens is 1. The minimum Gasteiger partial charge on any atom is -0.497 e. The van der Waals surface area contributed by atoms with E-state index in [-0.39, 0.29) is 5.91 Å². The molecule has 0 unspecified atom stereocenters. The van der Waals surface area contributed by atoms with Crippen molar-refractivity contribution in [3.05, 3.63) is 59.7 Å². The van der Waals surface area contributed by atoms with Crippen molar-refractivity contribution in [1.29, 1.82) is 0 Å². The molecule has 0 heterocycles. The summed E-state index contributed by atoms with van der Waals surface area (Å²) >= 11 is 3.39. The summed E-state index contributed by atoms with van der Waals surface area (Å²) in [6, 6.07) is 15.3. The lowest BCUT2D eigenvalue weighted by molar-refractivity contribution is -0.115. The summed E-state index contributed by atoms with van der Waals surface area (Å²) in [5.74, 6) is 0.724. The Hall–Kier alpha value is -1.81. The van der Waals surface area contributed by atoms with Crippen molar-refractivity contribution in [1.82, 2.24) is 0 Å². The zero-order valence-electron chi connectivity index (χ0n) is 11.2. The number of ether oxygens (including phenoxy) is 1. The second kappa shape index (κ2) is 7.10. The lowest BCUT2D eigenvalue weighted by Gasteiger charge is -2.07. The summed E-state index contributed by atoms with van der Waals surface area (Å²) < 4.78 is 5.14. The number of hydrogen-bond acceptors (Lipinski definition) is 2. The largest absolute Gasteiger partial charge is 0.497 e. The van der Waals surface area contributed by atoms with Gasteiger partial charge in [-0.2, -0.15) is 0 Å². The van der Waals surface area contributed by atoms with Gasteiger partial charge in [0.15, 0.2) is 0 Å². The van der Waals surface area contributed by atoms with E-state index in [2.05, 4.69) is 21.2 Å². The zero-order chi connectivity index (χ0) is 14.4. The van der Waals surface area contributed by atoms with E-state index >= 15 is 0 Å². The molecule has 0 aliphatic rings. The monoisotopic (exact) mass is 333 g/mol. The third-order valence-corrected chi connectivity index (χ3v) is 3.54. The second-order valence-corrected chi connectivity index (χ2v) is 4.97. The normalized spacial score (nSPS) is 10.1. The minimum atomic E-state index is -0.0372. The van der Waals surface area contributed by atoms with Gasteiger partial charge in [-0.3, -0.25) is 4.79 Å². The van der Waals surface area contributed by atoms with E-state index in [1.54, 1.807) is 7.11 Å². The van der Waals surface area contributed by atoms with Gasteiger partial charge in [0, 0.05) is 11.0 Å². The van der Waals surface area contributed by atoms with Crippen molar-refractivity contribution >= 4 is 27.5 Å². The van der Waals surface area contributed by atoms with Crippen LogP contribution in [-0.2, 0) is 16.5 Å². The third-order valence-electron chi connectivity index (χ3n) is 2.89. The van der Waals surface area contributed by atoms with Gasteiger partial charge < -0.3 is 10.1 Å². The average molecular weight is 334 g/mol. The van der Waals surface area contributed by atoms with E-state index in [9.17, 15) is 4.79 Å². The van der Waals surface area contributed by atoms with Crippen molar-refractivity contribution in [3.63, 3.8) is 0 Å². The van der Waals surface area contributed by atoms with Crippen LogP contribution in [0.1, 0.15) is 11.1 Å². The number of carbonyl (C=O) groups is 1. The fraction of sp³-hybridized carbons (Fsp3) is 0.188. The van der Waals surface area contributed by atoms with Gasteiger partial charge in [0.1, 0.15) is 5.75 Å². The highest BCUT2D eigenvalue weighted by molar-refractivity contribution is 9.08. The first kappa shape index (κ1) is 14.6. The molecule has 0 bridgehead atoms. The van der Waals surface area contributed by atoms with Crippen LogP contribution in [-0.4, -0.2) is 13.0 Å². The molecule has 20 heavy (non-hydrogen) atoms. The first-order valence-corrected chi connectivity index (χ1v) is 7.41. The molecule has 0 saturated heterocycles. The summed E-state index contributed by atoms with van der Waals surface area (Å²) in [5.41, 5.74) is 2.91. The van der Waals surface area contributed by atoms with Crippen LogP contribution >= 0.6 is 15.9 Å². The summed E-state index contributed by atoms with van der Waals surface area (Å²) in [6.45, 7) is 0. The topological polar surface area (TPSA) is 38.3 Å². The number of methoxy groups -OCH3 is 1. The molecular weight excluding hydrogens is 318 g/mol. The van der Waals surface area contributed by atoms with E-state index in [0.29, 0.717) is 6.42 Å². The van der Waals surface area contributed by atoms with Gasteiger partial charge in [-0.25, -0.2) is 0 Å². The standard InChI is InChI=1S/C16H16BrNO2/c1-20-15-4-2-3-13(9-15)10-16(19)18-14-7-5-12(11-17)6-8-14/h2-9H,10-11H2,1H3,(H,18,19). The average Bonchev–Trinajstić information content (AvgIpc) is 2.48. The lowest BCUT2D eigenvalue weighted by atomic mass is 10.1. The molecule has 0 spiro atoms. The molecule has 2 rings (SSSR count). The summed E-state index contributed by atoms with van der Waals surface area (Å²) in [6.07, 6.45) is 0.331. The molecule has 0 atom stereocenters. The molecule has 1 amide bonds. The molecule has 0 saturated carbocycles. The molecule has 1 N–H and O–H groups in total. The fourth-order valence-corrected chi connectivity index (χ4v) is 2.22. The molecule has 0 fully saturated rings. The minimum absolute atomic E-state index is 0.0372. The highest BCUT2D eigenvalue weighted by atomic mass is 79.9. The maximum absolute atomic E-state index is 12.0. The van der Waals surface area contributed by atoms with Gasteiger partial charge >= 0.3 is 0 Å². The molecule has 0 aromatic heterocycles. The Bertz CT molecular complexity index is 581. The van der Waals surface area contributed by atoms with E-state index in [1.165, 1.54) is 5.56 Å². The number of alkyl halides is 1. The van der Waals surface area contributed by atoms with Gasteiger partial charge in [0.05, 0.1) is 13.5 Å². The van der Waals surface area contributed by atoms with E-state index in [0.717, 1.165) is 22.3 Å². The summed E-state index contributed by atoms with van der Waals surface area (Å²) in [4.78, 5) is 12.0. The SMILES string of the molecule is COc1cccc(CC(=O)Nc2ccc(CBr)cc2)c1. The van der Waals surface area contributed by atoms with Crippen molar-refractivity contribution < 1.29 is 9.53 Å². The number of amides is 1. The predicted octanol–water partition coefficient (Wildman–Crippen LogP) is 3.77. The molecule has 0 aliphatic heterocycles. The Balaban J connectivity index is 1.97. The third kappa shape index (κ3) is 4.10. The smallest absolute Gasteiger partial charge is 0.228 e. The number of anilines is 1. The Morgan fingerprint density at radius 3 is 2.55 bits per heavy atom. The molecular formula is C16H16BrNO2. The van der Waals surface area contributed by atoms with Crippen LogP contribution < -0.4 is 10.1 Å². The number of rotatable bonds is 5. The number of benzene rings is 2. The maximum Gasteiger partial charge on any atom is 0.228 e. The number of carbonyl (C=O) groups excluding carboxylic acids is 1. The van der Waals surface area contributed by atoms with Gasteiger partial charge in [0.25, 0.3) is 0 Å². The van der Waals surface area contributed by atoms with Crippen molar-refractivity contribution in [2.75, 3.05) is 12.4 Å². The summed E-state index contributed by atoms with van der Waals surface area (Å²) in [7, 11) is 1.62. The van der Waals surface area contributed by atoms with Gasteiger partial charge in [-0.15, -0.1) is 0 Å². The number of nitrogens with one attached hydrogen (secondary N) is 1. The fourth-order valence-electron chi connectivity index (χ4n) is 1.85. The summed E-state index contributed by atoms with van der Waals surface area (Å²) in [5, 5.41) is 3.69. The highest BCUT2D eigenvalue weighted by Gasteiger charge is 2.05. The van der Waals surface area contributed by atoms with E-state index in [1.807, 2.05) is 48.5 Å². The predicted molar refractivity (Wildman–Crippen MR) is 84.4 cm³/mol. The van der Waals surface area contributed by atoms with Gasteiger partial charge in [-0.05, 0) is 35.4 Å². The van der Waals surface area contributed by atoms with Crippen LogP contribution in [0.25, 0.3) is 0 Å². The molecule has 2 aromatic carbocycles. The molecule has 3 nitrogen and oxygen atoms in total. The van der Waals surface area contributed by atoms with Gasteiger partial charge in [-0.1, -0.05) is 40.2 Å². The molecule has 0 aliphatic carbocycles. The Labute approximate surface area is 127 Å². The van der Waals surface area contributed by atoms with Crippen molar-refractivity contribution in [3.8, 4) is 5.75 Å². The molecule has 2 aromatic rings. The van der Waals surface area contributed by atoms with Crippen LogP contribution in [0, 0.1) is 0 Å².